The summed E-state index contributed by atoms with van der Waals surface area (Å²) in [5.41, 5.74) is 3.63. The lowest BCUT2D eigenvalue weighted by molar-refractivity contribution is 0.128. The van der Waals surface area contributed by atoms with Crippen molar-refractivity contribution in [2.45, 2.75) is 13.0 Å². The quantitative estimate of drug-likeness (QED) is 0.739. The molecule has 0 unspecified atom stereocenters. The molecule has 1 aromatic rings. The minimum absolute atomic E-state index is 0.0202. The van der Waals surface area contributed by atoms with Gasteiger partial charge < -0.3 is 19.8 Å². The standard InChI is InChI=1S/C13H14N2O4/c16-11-2-1-8-6-19-7-9-5-15(13(17)18)4-3-10(9)12(8)14-11/h1-2H,3-7H2,(H,14,16)(H,17,18). The van der Waals surface area contributed by atoms with Gasteiger partial charge in [-0.25, -0.2) is 9.78 Å². The first-order valence-corrected chi connectivity index (χ1v) is 6.11. The topological polar surface area (TPSA) is 82.9 Å². The van der Waals surface area contributed by atoms with Gasteiger partial charge in [0.05, 0.1) is 18.9 Å². The summed E-state index contributed by atoms with van der Waals surface area (Å²) in [6.07, 6.45) is -0.311. The van der Waals surface area contributed by atoms with Gasteiger partial charge in [-0.05, 0) is 23.6 Å². The van der Waals surface area contributed by atoms with Crippen LogP contribution in [0, 0.1) is 0 Å². The van der Waals surface area contributed by atoms with Crippen molar-refractivity contribution >= 4 is 11.7 Å². The molecule has 0 saturated carbocycles. The third-order valence-electron chi connectivity index (χ3n) is 3.49. The van der Waals surface area contributed by atoms with Crippen LogP contribution in [0.3, 0.4) is 0 Å². The molecule has 0 saturated heterocycles. The molecule has 6 heteroatoms. The lowest BCUT2D eigenvalue weighted by Crippen LogP contribution is -2.36. The smallest absolute Gasteiger partial charge is 0.407 e. The molecule has 0 aliphatic carbocycles. The molecule has 2 N–H and O–H groups in total. The summed E-state index contributed by atoms with van der Waals surface area (Å²) in [4.78, 5) is 16.6. The van der Waals surface area contributed by atoms with Gasteiger partial charge in [-0.1, -0.05) is 0 Å². The Morgan fingerprint density at radius 2 is 2.21 bits per heavy atom. The molecule has 1 aromatic heterocycles. The van der Waals surface area contributed by atoms with E-state index in [0.29, 0.717) is 32.7 Å². The van der Waals surface area contributed by atoms with Crippen LogP contribution in [0.1, 0.15) is 17.7 Å². The predicted molar refractivity (Wildman–Crippen MR) is 66.7 cm³/mol. The second kappa shape index (κ2) is 4.55. The molecule has 0 aromatic carbocycles. The van der Waals surface area contributed by atoms with Gasteiger partial charge in [-0.3, -0.25) is 0 Å². The number of rotatable bonds is 0. The number of fused-ring (bicyclic) bond motifs is 2. The van der Waals surface area contributed by atoms with E-state index in [-0.39, 0.29) is 5.88 Å². The summed E-state index contributed by atoms with van der Waals surface area (Å²) in [6.45, 7) is 1.64. The maximum Gasteiger partial charge on any atom is 0.407 e. The molecule has 0 radical (unpaired) electrons. The van der Waals surface area contributed by atoms with Crippen LogP contribution in [-0.2, 0) is 11.3 Å². The fourth-order valence-corrected chi connectivity index (χ4v) is 2.55. The fraction of sp³-hybridized carbons (Fsp3) is 0.385. The number of carbonyl (C=O) groups is 1. The van der Waals surface area contributed by atoms with E-state index in [0.717, 1.165) is 22.4 Å². The minimum atomic E-state index is -0.917. The molecular formula is C13H14N2O4. The highest BCUT2D eigenvalue weighted by molar-refractivity contribution is 5.74. The SMILES string of the molecule is O=C(O)N1CCC2=C(COCc3ccc(O)nc32)C1. The Bertz CT molecular complexity index is 568. The Morgan fingerprint density at radius 1 is 1.37 bits per heavy atom. The minimum Gasteiger partial charge on any atom is -0.493 e. The Hall–Kier alpha value is -2.08. The second-order valence-electron chi connectivity index (χ2n) is 4.71. The number of hydrogen-bond donors (Lipinski definition) is 2. The Balaban J connectivity index is 2.03. The summed E-state index contributed by atoms with van der Waals surface area (Å²) in [7, 11) is 0. The van der Waals surface area contributed by atoms with Crippen molar-refractivity contribution in [3.63, 3.8) is 0 Å². The van der Waals surface area contributed by atoms with E-state index in [4.69, 9.17) is 9.84 Å². The van der Waals surface area contributed by atoms with E-state index in [1.165, 1.54) is 4.90 Å². The number of hydrogen-bond acceptors (Lipinski definition) is 4. The van der Waals surface area contributed by atoms with E-state index < -0.39 is 6.09 Å². The van der Waals surface area contributed by atoms with Crippen molar-refractivity contribution in [3.05, 3.63) is 29.0 Å². The highest BCUT2D eigenvalue weighted by atomic mass is 16.5. The van der Waals surface area contributed by atoms with Crippen molar-refractivity contribution in [3.8, 4) is 5.88 Å². The van der Waals surface area contributed by atoms with Crippen molar-refractivity contribution in [2.75, 3.05) is 19.7 Å². The monoisotopic (exact) mass is 262 g/mol. The van der Waals surface area contributed by atoms with Crippen LogP contribution in [-0.4, -0.2) is 45.9 Å². The van der Waals surface area contributed by atoms with Gasteiger partial charge in [0.25, 0.3) is 0 Å². The summed E-state index contributed by atoms with van der Waals surface area (Å²) in [5.74, 6) is -0.0202. The molecular weight excluding hydrogens is 248 g/mol. The first-order chi connectivity index (χ1) is 9.15. The number of nitrogens with zero attached hydrogens (tertiary/aromatic N) is 2. The van der Waals surface area contributed by atoms with Gasteiger partial charge in [0.2, 0.25) is 5.88 Å². The molecule has 6 nitrogen and oxygen atoms in total. The number of pyridine rings is 1. The third-order valence-corrected chi connectivity index (χ3v) is 3.49. The van der Waals surface area contributed by atoms with Crippen LogP contribution in [0.2, 0.25) is 0 Å². The Labute approximate surface area is 109 Å². The van der Waals surface area contributed by atoms with Gasteiger partial charge >= 0.3 is 6.09 Å². The zero-order valence-electron chi connectivity index (χ0n) is 10.3. The molecule has 100 valence electrons. The van der Waals surface area contributed by atoms with Crippen LogP contribution in [0.15, 0.2) is 17.7 Å². The van der Waals surface area contributed by atoms with Crippen molar-refractivity contribution < 1.29 is 19.7 Å². The van der Waals surface area contributed by atoms with Gasteiger partial charge in [-0.15, -0.1) is 0 Å². The highest BCUT2D eigenvalue weighted by Gasteiger charge is 2.27. The molecule has 19 heavy (non-hydrogen) atoms. The lowest BCUT2D eigenvalue weighted by Gasteiger charge is -2.27. The summed E-state index contributed by atoms with van der Waals surface area (Å²) < 4.78 is 5.56. The molecule has 2 aliphatic heterocycles. The van der Waals surface area contributed by atoms with Gasteiger partial charge in [0.1, 0.15) is 0 Å². The molecule has 0 fully saturated rings. The zero-order chi connectivity index (χ0) is 13.4. The van der Waals surface area contributed by atoms with E-state index in [1.807, 2.05) is 0 Å². The van der Waals surface area contributed by atoms with Crippen molar-refractivity contribution in [1.29, 1.82) is 0 Å². The lowest BCUT2D eigenvalue weighted by atomic mass is 9.95. The summed E-state index contributed by atoms with van der Waals surface area (Å²) in [6, 6.07) is 3.34. The highest BCUT2D eigenvalue weighted by Crippen LogP contribution is 2.32. The van der Waals surface area contributed by atoms with Crippen LogP contribution < -0.4 is 0 Å². The van der Waals surface area contributed by atoms with E-state index in [2.05, 4.69) is 4.98 Å². The van der Waals surface area contributed by atoms with Crippen LogP contribution in [0.25, 0.3) is 5.57 Å². The number of ether oxygens (including phenoxy) is 1. The largest absolute Gasteiger partial charge is 0.493 e. The molecule has 1 amide bonds. The number of amides is 1. The summed E-state index contributed by atoms with van der Waals surface area (Å²) >= 11 is 0. The zero-order valence-corrected chi connectivity index (χ0v) is 10.3. The molecule has 0 atom stereocenters. The third kappa shape index (κ3) is 2.15. The van der Waals surface area contributed by atoms with Crippen LogP contribution >= 0.6 is 0 Å². The maximum absolute atomic E-state index is 11.0. The molecule has 2 aliphatic rings. The van der Waals surface area contributed by atoms with Gasteiger partial charge in [0, 0.05) is 24.7 Å². The number of aromatic hydroxyl groups is 1. The predicted octanol–water partition coefficient (Wildman–Crippen LogP) is 1.45. The number of carboxylic acid groups (broad SMARTS) is 1. The Morgan fingerprint density at radius 3 is 3.00 bits per heavy atom. The second-order valence-corrected chi connectivity index (χ2v) is 4.71. The van der Waals surface area contributed by atoms with E-state index in [1.54, 1.807) is 12.1 Å². The van der Waals surface area contributed by atoms with E-state index in [9.17, 15) is 9.90 Å². The van der Waals surface area contributed by atoms with Crippen LogP contribution in [0.5, 0.6) is 5.88 Å². The first-order valence-electron chi connectivity index (χ1n) is 6.11. The Kier molecular flexibility index (Phi) is 2.87. The van der Waals surface area contributed by atoms with Gasteiger partial charge in [0.15, 0.2) is 0 Å². The number of aromatic nitrogens is 1. The average molecular weight is 262 g/mol. The van der Waals surface area contributed by atoms with Crippen LogP contribution in [0.4, 0.5) is 4.79 Å². The molecule has 0 bridgehead atoms. The fourth-order valence-electron chi connectivity index (χ4n) is 2.55. The van der Waals surface area contributed by atoms with Crippen molar-refractivity contribution in [1.82, 2.24) is 9.88 Å². The summed E-state index contributed by atoms with van der Waals surface area (Å²) in [5, 5.41) is 18.6. The molecule has 0 spiro atoms. The van der Waals surface area contributed by atoms with Gasteiger partial charge in [-0.2, -0.15) is 0 Å². The molecule has 3 rings (SSSR count). The van der Waals surface area contributed by atoms with Crippen molar-refractivity contribution in [2.24, 2.45) is 0 Å². The molecule has 3 heterocycles. The first kappa shape index (κ1) is 12.0. The maximum atomic E-state index is 11.0. The average Bonchev–Trinajstić information content (AvgIpc) is 2.57. The normalized spacial score (nSPS) is 18.6. The van der Waals surface area contributed by atoms with E-state index >= 15 is 0 Å².